The van der Waals surface area contributed by atoms with Crippen molar-refractivity contribution in [2.75, 3.05) is 25.0 Å². The average Bonchev–Trinajstić information content (AvgIpc) is 3.12. The van der Waals surface area contributed by atoms with Crippen LogP contribution in [0.3, 0.4) is 0 Å². The fraction of sp³-hybridized carbons (Fsp3) is 0.381. The summed E-state index contributed by atoms with van der Waals surface area (Å²) in [5.74, 6) is 0. The highest BCUT2D eigenvalue weighted by Crippen LogP contribution is 2.29. The Morgan fingerprint density at radius 1 is 1.12 bits per heavy atom. The van der Waals surface area contributed by atoms with Gasteiger partial charge in [0, 0.05) is 12.6 Å². The molecular weight excluding hydrogens is 326 g/mol. The molecule has 4 rings (SSSR count). The third-order valence-corrected chi connectivity index (χ3v) is 5.21. The number of rotatable bonds is 6. The largest absolute Gasteiger partial charge is 0.424 e. The zero-order valence-electron chi connectivity index (χ0n) is 14.8. The molecule has 2 heterocycles. The predicted octanol–water partition coefficient (Wildman–Crippen LogP) is 3.83. The summed E-state index contributed by atoms with van der Waals surface area (Å²) in [6.07, 6.45) is 3.49. The van der Waals surface area contributed by atoms with Crippen LogP contribution in [-0.4, -0.2) is 40.7 Å². The molecule has 1 aliphatic rings. The van der Waals surface area contributed by atoms with Crippen LogP contribution < -0.4 is 5.32 Å². The summed E-state index contributed by atoms with van der Waals surface area (Å²) < 4.78 is 5.78. The van der Waals surface area contributed by atoms with Gasteiger partial charge in [-0.3, -0.25) is 4.90 Å². The Balaban J connectivity index is 1.48. The fourth-order valence-corrected chi connectivity index (χ4v) is 3.88. The van der Waals surface area contributed by atoms with Crippen LogP contribution >= 0.6 is 0 Å². The number of benzene rings is 2. The van der Waals surface area contributed by atoms with Crippen molar-refractivity contribution in [1.82, 2.24) is 9.88 Å². The number of nitrogens with zero attached hydrogens (tertiary/aromatic N) is 2. The van der Waals surface area contributed by atoms with E-state index >= 15 is 0 Å². The molecule has 2 atom stereocenters. The first-order valence-corrected chi connectivity index (χ1v) is 9.36. The summed E-state index contributed by atoms with van der Waals surface area (Å²) in [6, 6.07) is 19.0. The molecule has 26 heavy (non-hydrogen) atoms. The third kappa shape index (κ3) is 3.59. The zero-order valence-corrected chi connectivity index (χ0v) is 14.8. The minimum atomic E-state index is 0.0342. The Hall–Kier alpha value is -2.37. The number of para-hydroxylation sites is 2. The number of likely N-dealkylation sites (tertiary alicyclic amines) is 1. The molecular formula is C21H25N3O2. The standard InChI is InChI=1S/C21H25N3O2/c25-15-19(16-8-2-1-3-9-16)24-13-7-6-10-17(24)14-22-21-23-18-11-4-5-12-20(18)26-21/h1-5,8-9,11-12,17,19,25H,6-7,10,13-15H2,(H,22,23). The van der Waals surface area contributed by atoms with Gasteiger partial charge in [0.15, 0.2) is 5.58 Å². The van der Waals surface area contributed by atoms with Gasteiger partial charge in [-0.05, 0) is 37.1 Å². The Labute approximate surface area is 153 Å². The minimum Gasteiger partial charge on any atom is -0.424 e. The molecule has 0 amide bonds. The molecule has 5 nitrogen and oxygen atoms in total. The summed E-state index contributed by atoms with van der Waals surface area (Å²) in [7, 11) is 0. The van der Waals surface area contributed by atoms with E-state index in [1.54, 1.807) is 0 Å². The van der Waals surface area contributed by atoms with Crippen LogP contribution in [0.1, 0.15) is 30.9 Å². The highest BCUT2D eigenvalue weighted by atomic mass is 16.4. The Morgan fingerprint density at radius 3 is 2.73 bits per heavy atom. The van der Waals surface area contributed by atoms with Crippen molar-refractivity contribution >= 4 is 17.1 Å². The molecule has 0 bridgehead atoms. The molecule has 0 aliphatic carbocycles. The predicted molar refractivity (Wildman–Crippen MR) is 103 cm³/mol. The maximum atomic E-state index is 10.0. The van der Waals surface area contributed by atoms with E-state index in [1.807, 2.05) is 42.5 Å². The average molecular weight is 351 g/mol. The number of aliphatic hydroxyl groups is 1. The van der Waals surface area contributed by atoms with Crippen molar-refractivity contribution in [3.05, 3.63) is 60.2 Å². The normalized spacial score (nSPS) is 19.5. The number of oxazole rings is 1. The molecule has 1 aromatic heterocycles. The van der Waals surface area contributed by atoms with Crippen molar-refractivity contribution in [2.24, 2.45) is 0 Å². The summed E-state index contributed by atoms with van der Waals surface area (Å²) in [5.41, 5.74) is 2.84. The first-order valence-electron chi connectivity index (χ1n) is 9.36. The van der Waals surface area contributed by atoms with E-state index in [1.165, 1.54) is 18.4 Å². The van der Waals surface area contributed by atoms with Crippen LogP contribution in [0, 0.1) is 0 Å². The van der Waals surface area contributed by atoms with Gasteiger partial charge in [-0.1, -0.05) is 48.9 Å². The maximum Gasteiger partial charge on any atom is 0.295 e. The second-order valence-electron chi connectivity index (χ2n) is 6.86. The van der Waals surface area contributed by atoms with Crippen molar-refractivity contribution in [1.29, 1.82) is 0 Å². The van der Waals surface area contributed by atoms with Crippen molar-refractivity contribution in [3.8, 4) is 0 Å². The van der Waals surface area contributed by atoms with E-state index in [0.29, 0.717) is 12.1 Å². The van der Waals surface area contributed by atoms with Gasteiger partial charge < -0.3 is 14.8 Å². The van der Waals surface area contributed by atoms with E-state index < -0.39 is 0 Å². The second kappa shape index (κ2) is 7.89. The molecule has 3 aromatic rings. The summed E-state index contributed by atoms with van der Waals surface area (Å²) in [5, 5.41) is 13.4. The third-order valence-electron chi connectivity index (χ3n) is 5.21. The van der Waals surface area contributed by atoms with Crippen LogP contribution in [0.15, 0.2) is 59.0 Å². The molecule has 1 fully saturated rings. The summed E-state index contributed by atoms with van der Waals surface area (Å²) in [4.78, 5) is 6.92. The Bertz CT molecular complexity index is 800. The molecule has 1 saturated heterocycles. The van der Waals surface area contributed by atoms with Gasteiger partial charge >= 0.3 is 0 Å². The minimum absolute atomic E-state index is 0.0342. The van der Waals surface area contributed by atoms with Crippen molar-refractivity contribution in [2.45, 2.75) is 31.3 Å². The second-order valence-corrected chi connectivity index (χ2v) is 6.86. The van der Waals surface area contributed by atoms with Gasteiger partial charge in [0.2, 0.25) is 0 Å². The topological polar surface area (TPSA) is 61.5 Å². The van der Waals surface area contributed by atoms with E-state index in [4.69, 9.17) is 4.42 Å². The summed E-state index contributed by atoms with van der Waals surface area (Å²) in [6.45, 7) is 1.89. The number of piperidine rings is 1. The monoisotopic (exact) mass is 351 g/mol. The zero-order chi connectivity index (χ0) is 17.8. The van der Waals surface area contributed by atoms with Gasteiger partial charge in [0.1, 0.15) is 5.52 Å². The lowest BCUT2D eigenvalue weighted by Crippen LogP contribution is -2.46. The molecule has 0 spiro atoms. The van der Waals surface area contributed by atoms with Gasteiger partial charge in [-0.25, -0.2) is 0 Å². The first kappa shape index (κ1) is 17.1. The molecule has 0 saturated carbocycles. The molecule has 2 N–H and O–H groups in total. The van der Waals surface area contributed by atoms with E-state index in [2.05, 4.69) is 27.3 Å². The lowest BCUT2D eigenvalue weighted by molar-refractivity contribution is 0.0616. The van der Waals surface area contributed by atoms with Gasteiger partial charge in [-0.15, -0.1) is 0 Å². The van der Waals surface area contributed by atoms with Crippen LogP contribution in [0.4, 0.5) is 6.01 Å². The van der Waals surface area contributed by atoms with Crippen molar-refractivity contribution in [3.63, 3.8) is 0 Å². The number of aliphatic hydroxyl groups excluding tert-OH is 1. The van der Waals surface area contributed by atoms with Crippen molar-refractivity contribution < 1.29 is 9.52 Å². The highest BCUT2D eigenvalue weighted by molar-refractivity contribution is 5.74. The lowest BCUT2D eigenvalue weighted by atomic mass is 9.96. The highest BCUT2D eigenvalue weighted by Gasteiger charge is 2.29. The van der Waals surface area contributed by atoms with E-state index in [-0.39, 0.29) is 12.6 Å². The molecule has 2 unspecified atom stereocenters. The molecule has 136 valence electrons. The summed E-state index contributed by atoms with van der Waals surface area (Å²) >= 11 is 0. The van der Waals surface area contributed by atoms with Gasteiger partial charge in [0.25, 0.3) is 6.01 Å². The maximum absolute atomic E-state index is 10.0. The fourth-order valence-electron chi connectivity index (χ4n) is 3.88. The Morgan fingerprint density at radius 2 is 1.92 bits per heavy atom. The SMILES string of the molecule is OCC(c1ccccc1)N1CCCCC1CNc1nc2ccccc2o1. The quantitative estimate of drug-likeness (QED) is 0.707. The lowest BCUT2D eigenvalue weighted by Gasteiger charge is -2.40. The molecule has 2 aromatic carbocycles. The van der Waals surface area contributed by atoms with Crippen LogP contribution in [0.25, 0.3) is 11.1 Å². The Kier molecular flexibility index (Phi) is 5.18. The van der Waals surface area contributed by atoms with E-state index in [9.17, 15) is 5.11 Å². The number of hydrogen-bond acceptors (Lipinski definition) is 5. The number of nitrogens with one attached hydrogen (secondary N) is 1. The molecule has 1 aliphatic heterocycles. The smallest absolute Gasteiger partial charge is 0.295 e. The van der Waals surface area contributed by atoms with Crippen LogP contribution in [0.5, 0.6) is 0 Å². The van der Waals surface area contributed by atoms with Gasteiger partial charge in [-0.2, -0.15) is 4.98 Å². The number of fused-ring (bicyclic) bond motifs is 1. The number of aromatic nitrogens is 1. The van der Waals surface area contributed by atoms with E-state index in [0.717, 1.165) is 30.6 Å². The molecule has 5 heteroatoms. The van der Waals surface area contributed by atoms with Gasteiger partial charge in [0.05, 0.1) is 12.6 Å². The van der Waals surface area contributed by atoms with Crippen LogP contribution in [0.2, 0.25) is 0 Å². The van der Waals surface area contributed by atoms with Crippen LogP contribution in [-0.2, 0) is 0 Å². The molecule has 0 radical (unpaired) electrons. The number of anilines is 1. The number of hydrogen-bond donors (Lipinski definition) is 2. The first-order chi connectivity index (χ1) is 12.8.